The maximum absolute atomic E-state index is 11.9. The highest BCUT2D eigenvalue weighted by Crippen LogP contribution is 2.18. The largest absolute Gasteiger partial charge is 0.497 e. The lowest BCUT2D eigenvalue weighted by atomic mass is 9.90. The monoisotopic (exact) mass is 332 g/mol. The van der Waals surface area contributed by atoms with E-state index in [1.807, 2.05) is 26.0 Å². The van der Waals surface area contributed by atoms with Gasteiger partial charge < -0.3 is 4.74 Å². The van der Waals surface area contributed by atoms with E-state index in [9.17, 15) is 9.59 Å². The summed E-state index contributed by atoms with van der Waals surface area (Å²) in [6.07, 6.45) is 8.39. The van der Waals surface area contributed by atoms with Crippen LogP contribution >= 0.6 is 0 Å². The van der Waals surface area contributed by atoms with Gasteiger partial charge in [0, 0.05) is 12.8 Å². The predicted octanol–water partition coefficient (Wildman–Crippen LogP) is 5.15. The quantitative estimate of drug-likeness (QED) is 0.370. The fourth-order valence-electron chi connectivity index (χ4n) is 2.99. The molecule has 0 aliphatic carbocycles. The van der Waals surface area contributed by atoms with E-state index in [-0.39, 0.29) is 17.5 Å². The second-order valence-corrected chi connectivity index (χ2v) is 6.35. The number of rotatable bonds is 13. The van der Waals surface area contributed by atoms with Crippen LogP contribution in [0.25, 0.3) is 0 Å². The first-order valence-electron chi connectivity index (χ1n) is 9.30. The molecule has 1 aromatic carbocycles. The molecule has 134 valence electrons. The summed E-state index contributed by atoms with van der Waals surface area (Å²) in [7, 11) is 1.68. The lowest BCUT2D eigenvalue weighted by Crippen LogP contribution is -2.22. The molecule has 0 radical (unpaired) electrons. The summed E-state index contributed by atoms with van der Waals surface area (Å²) in [6, 6.07) is 8.25. The van der Waals surface area contributed by atoms with Crippen molar-refractivity contribution < 1.29 is 14.3 Å². The van der Waals surface area contributed by atoms with Crippen LogP contribution in [0.5, 0.6) is 5.75 Å². The van der Waals surface area contributed by atoms with Crippen LogP contribution in [-0.4, -0.2) is 18.7 Å². The Balaban J connectivity index is 2.16. The molecule has 0 amide bonds. The standard InChI is InChI=1S/C21H32O3/c1-4-20(22)19(21(23)5-2)12-10-8-6-7-9-11-17-13-15-18(24-3)16-14-17/h13-16,19H,4-12H2,1-3H3. The summed E-state index contributed by atoms with van der Waals surface area (Å²) in [5.74, 6) is 0.776. The molecule has 0 N–H and O–H groups in total. The van der Waals surface area contributed by atoms with Crippen LogP contribution in [0, 0.1) is 5.92 Å². The second-order valence-electron chi connectivity index (χ2n) is 6.35. The van der Waals surface area contributed by atoms with Gasteiger partial charge in [-0.25, -0.2) is 0 Å². The number of ether oxygens (including phenoxy) is 1. The fraction of sp³-hybridized carbons (Fsp3) is 0.619. The Morgan fingerprint density at radius 1 is 0.875 bits per heavy atom. The number of carbonyl (C=O) groups excluding carboxylic acids is 2. The first kappa shape index (κ1) is 20.4. The third-order valence-corrected chi connectivity index (χ3v) is 4.59. The molecule has 1 aromatic rings. The van der Waals surface area contributed by atoms with Crippen LogP contribution in [0.3, 0.4) is 0 Å². The first-order valence-corrected chi connectivity index (χ1v) is 9.30. The average Bonchev–Trinajstić information content (AvgIpc) is 2.63. The molecule has 0 saturated heterocycles. The minimum Gasteiger partial charge on any atom is -0.497 e. The molecule has 0 atom stereocenters. The maximum atomic E-state index is 11.9. The zero-order valence-corrected chi connectivity index (χ0v) is 15.5. The molecule has 0 fully saturated rings. The van der Waals surface area contributed by atoms with E-state index in [4.69, 9.17) is 4.74 Å². The SMILES string of the molecule is CCC(=O)C(CCCCCCCc1ccc(OC)cc1)C(=O)CC. The van der Waals surface area contributed by atoms with Gasteiger partial charge in [0.05, 0.1) is 13.0 Å². The van der Waals surface area contributed by atoms with Gasteiger partial charge in [0.25, 0.3) is 0 Å². The molecule has 0 aliphatic rings. The zero-order chi connectivity index (χ0) is 17.8. The van der Waals surface area contributed by atoms with E-state index in [2.05, 4.69) is 12.1 Å². The van der Waals surface area contributed by atoms with Crippen molar-refractivity contribution in [3.05, 3.63) is 29.8 Å². The van der Waals surface area contributed by atoms with E-state index in [0.29, 0.717) is 12.8 Å². The molecule has 0 heterocycles. The molecule has 0 saturated carbocycles. The first-order chi connectivity index (χ1) is 11.6. The molecule has 0 aliphatic heterocycles. The highest BCUT2D eigenvalue weighted by Gasteiger charge is 2.22. The Hall–Kier alpha value is -1.64. The van der Waals surface area contributed by atoms with Gasteiger partial charge >= 0.3 is 0 Å². The molecule has 3 heteroatoms. The number of methoxy groups -OCH3 is 1. The number of aryl methyl sites for hydroxylation is 1. The van der Waals surface area contributed by atoms with E-state index in [0.717, 1.165) is 31.4 Å². The number of hydrogen-bond donors (Lipinski definition) is 0. The van der Waals surface area contributed by atoms with Crippen molar-refractivity contribution in [1.82, 2.24) is 0 Å². The molecule has 0 unspecified atom stereocenters. The van der Waals surface area contributed by atoms with Gasteiger partial charge in [-0.3, -0.25) is 9.59 Å². The van der Waals surface area contributed by atoms with Gasteiger partial charge in [0.2, 0.25) is 0 Å². The summed E-state index contributed by atoms with van der Waals surface area (Å²) < 4.78 is 5.16. The van der Waals surface area contributed by atoms with Crippen LogP contribution in [-0.2, 0) is 16.0 Å². The summed E-state index contributed by atoms with van der Waals surface area (Å²) in [6.45, 7) is 3.69. The Labute approximate surface area is 146 Å². The summed E-state index contributed by atoms with van der Waals surface area (Å²) in [5.41, 5.74) is 1.35. The van der Waals surface area contributed by atoms with Crippen molar-refractivity contribution in [1.29, 1.82) is 0 Å². The van der Waals surface area contributed by atoms with Gasteiger partial charge in [-0.1, -0.05) is 51.7 Å². The van der Waals surface area contributed by atoms with Crippen LogP contribution < -0.4 is 4.74 Å². The number of ketones is 2. The van der Waals surface area contributed by atoms with E-state index in [1.54, 1.807) is 7.11 Å². The topological polar surface area (TPSA) is 43.4 Å². The van der Waals surface area contributed by atoms with Gasteiger partial charge in [-0.2, -0.15) is 0 Å². The zero-order valence-electron chi connectivity index (χ0n) is 15.5. The molecule has 3 nitrogen and oxygen atoms in total. The van der Waals surface area contributed by atoms with Crippen molar-refractivity contribution >= 4 is 11.6 Å². The Kier molecular flexibility index (Phi) is 10.1. The van der Waals surface area contributed by atoms with Crippen LogP contribution in [0.2, 0.25) is 0 Å². The van der Waals surface area contributed by atoms with Crippen molar-refractivity contribution in [2.24, 2.45) is 5.92 Å². The van der Waals surface area contributed by atoms with Crippen LogP contribution in [0.4, 0.5) is 0 Å². The molecule has 1 rings (SSSR count). The van der Waals surface area contributed by atoms with Crippen LogP contribution in [0.15, 0.2) is 24.3 Å². The third kappa shape index (κ3) is 7.29. The Morgan fingerprint density at radius 2 is 1.42 bits per heavy atom. The molecule has 0 spiro atoms. The van der Waals surface area contributed by atoms with E-state index in [1.165, 1.54) is 24.8 Å². The van der Waals surface area contributed by atoms with Crippen molar-refractivity contribution in [3.63, 3.8) is 0 Å². The van der Waals surface area contributed by atoms with Crippen molar-refractivity contribution in [2.45, 2.75) is 71.6 Å². The average molecular weight is 332 g/mol. The minimum absolute atomic E-state index is 0.112. The predicted molar refractivity (Wildman–Crippen MR) is 98.5 cm³/mol. The minimum atomic E-state index is -0.348. The number of Topliss-reactive ketones (excluding diaryl/α,β-unsaturated/α-hetero) is 2. The molecule has 0 aromatic heterocycles. The Morgan fingerprint density at radius 3 is 1.96 bits per heavy atom. The number of hydrogen-bond acceptors (Lipinski definition) is 3. The molecular formula is C21H32O3. The third-order valence-electron chi connectivity index (χ3n) is 4.59. The summed E-state index contributed by atoms with van der Waals surface area (Å²) in [4.78, 5) is 23.7. The number of unbranched alkanes of at least 4 members (excludes halogenated alkanes) is 4. The van der Waals surface area contributed by atoms with Gasteiger partial charge in [0.1, 0.15) is 17.3 Å². The van der Waals surface area contributed by atoms with Gasteiger partial charge in [-0.15, -0.1) is 0 Å². The van der Waals surface area contributed by atoms with Gasteiger partial charge in [0.15, 0.2) is 0 Å². The van der Waals surface area contributed by atoms with Crippen LogP contribution in [0.1, 0.15) is 70.8 Å². The summed E-state index contributed by atoms with van der Waals surface area (Å²) >= 11 is 0. The maximum Gasteiger partial charge on any atom is 0.143 e. The lowest BCUT2D eigenvalue weighted by Gasteiger charge is -2.12. The fourth-order valence-corrected chi connectivity index (χ4v) is 2.99. The highest BCUT2D eigenvalue weighted by molar-refractivity contribution is 6.02. The van der Waals surface area contributed by atoms with Crippen molar-refractivity contribution in [2.75, 3.05) is 7.11 Å². The summed E-state index contributed by atoms with van der Waals surface area (Å²) in [5, 5.41) is 0. The number of carbonyl (C=O) groups is 2. The molecular weight excluding hydrogens is 300 g/mol. The molecule has 24 heavy (non-hydrogen) atoms. The molecule has 0 bridgehead atoms. The highest BCUT2D eigenvalue weighted by atomic mass is 16.5. The smallest absolute Gasteiger partial charge is 0.143 e. The number of benzene rings is 1. The Bertz CT molecular complexity index is 474. The van der Waals surface area contributed by atoms with E-state index < -0.39 is 0 Å². The lowest BCUT2D eigenvalue weighted by molar-refractivity contribution is -0.132. The van der Waals surface area contributed by atoms with E-state index >= 15 is 0 Å². The second kappa shape index (κ2) is 11.8. The normalized spacial score (nSPS) is 10.8. The van der Waals surface area contributed by atoms with Gasteiger partial charge in [-0.05, 0) is 37.0 Å². The van der Waals surface area contributed by atoms with Crippen molar-refractivity contribution in [3.8, 4) is 5.75 Å².